The maximum absolute atomic E-state index is 12.3. The molecule has 0 saturated carbocycles. The van der Waals surface area contributed by atoms with Gasteiger partial charge in [-0.2, -0.15) is 5.10 Å². The summed E-state index contributed by atoms with van der Waals surface area (Å²) in [4.78, 5) is 28.1. The SMILES string of the molecule is O=C(NCCc1cccc(O)c1)c1cc(-c2ccncc2)n[nH]c1=O. The van der Waals surface area contributed by atoms with Gasteiger partial charge in [0.15, 0.2) is 0 Å². The normalized spacial score (nSPS) is 10.4. The van der Waals surface area contributed by atoms with Crippen LogP contribution < -0.4 is 10.9 Å². The van der Waals surface area contributed by atoms with Gasteiger partial charge in [0.1, 0.15) is 11.3 Å². The van der Waals surface area contributed by atoms with Crippen LogP contribution in [0.15, 0.2) is 59.7 Å². The molecule has 0 aliphatic rings. The van der Waals surface area contributed by atoms with Crippen molar-refractivity contribution in [2.45, 2.75) is 6.42 Å². The largest absolute Gasteiger partial charge is 0.508 e. The molecule has 0 saturated heterocycles. The predicted octanol–water partition coefficient (Wildman–Crippen LogP) is 1.51. The zero-order valence-electron chi connectivity index (χ0n) is 13.3. The van der Waals surface area contributed by atoms with Gasteiger partial charge in [0.2, 0.25) is 0 Å². The summed E-state index contributed by atoms with van der Waals surface area (Å²) in [5.41, 5.74) is 1.58. The van der Waals surface area contributed by atoms with E-state index in [1.807, 2.05) is 6.07 Å². The number of aromatic nitrogens is 3. The van der Waals surface area contributed by atoms with Gasteiger partial charge in [0.05, 0.1) is 5.69 Å². The van der Waals surface area contributed by atoms with Crippen molar-refractivity contribution < 1.29 is 9.90 Å². The van der Waals surface area contributed by atoms with E-state index in [0.717, 1.165) is 11.1 Å². The van der Waals surface area contributed by atoms with E-state index in [2.05, 4.69) is 20.5 Å². The number of phenols is 1. The average molecular weight is 336 g/mol. The van der Waals surface area contributed by atoms with Crippen LogP contribution in [-0.2, 0) is 6.42 Å². The van der Waals surface area contributed by atoms with Crippen LogP contribution in [0.3, 0.4) is 0 Å². The molecule has 2 heterocycles. The van der Waals surface area contributed by atoms with Crippen LogP contribution in [0.5, 0.6) is 5.75 Å². The molecule has 0 spiro atoms. The molecule has 0 aliphatic heterocycles. The number of amides is 1. The highest BCUT2D eigenvalue weighted by atomic mass is 16.3. The van der Waals surface area contributed by atoms with E-state index in [0.29, 0.717) is 18.7 Å². The molecule has 0 fully saturated rings. The molecule has 3 N–H and O–H groups in total. The first-order valence-electron chi connectivity index (χ1n) is 7.70. The number of aromatic amines is 1. The lowest BCUT2D eigenvalue weighted by Crippen LogP contribution is -2.31. The summed E-state index contributed by atoms with van der Waals surface area (Å²) in [5, 5.41) is 18.4. The summed E-state index contributed by atoms with van der Waals surface area (Å²) in [7, 11) is 0. The van der Waals surface area contributed by atoms with Crippen LogP contribution in [-0.4, -0.2) is 32.7 Å². The number of aromatic hydroxyl groups is 1. The second-order valence-corrected chi connectivity index (χ2v) is 5.41. The Balaban J connectivity index is 1.70. The molecule has 2 aromatic heterocycles. The number of hydrogen-bond acceptors (Lipinski definition) is 5. The summed E-state index contributed by atoms with van der Waals surface area (Å²) >= 11 is 0. The summed E-state index contributed by atoms with van der Waals surface area (Å²) in [6.45, 7) is 0.342. The topological polar surface area (TPSA) is 108 Å². The monoisotopic (exact) mass is 336 g/mol. The molecule has 0 atom stereocenters. The van der Waals surface area contributed by atoms with E-state index < -0.39 is 11.5 Å². The summed E-state index contributed by atoms with van der Waals surface area (Å²) < 4.78 is 0. The first-order valence-corrected chi connectivity index (χ1v) is 7.70. The van der Waals surface area contributed by atoms with Crippen LogP contribution in [0.4, 0.5) is 0 Å². The van der Waals surface area contributed by atoms with Gasteiger partial charge in [0.25, 0.3) is 11.5 Å². The lowest BCUT2D eigenvalue weighted by atomic mass is 10.1. The Morgan fingerprint density at radius 2 is 1.96 bits per heavy atom. The number of nitrogens with one attached hydrogen (secondary N) is 2. The Morgan fingerprint density at radius 1 is 1.16 bits per heavy atom. The number of rotatable bonds is 5. The van der Waals surface area contributed by atoms with Gasteiger partial charge in [-0.05, 0) is 42.3 Å². The van der Waals surface area contributed by atoms with E-state index in [-0.39, 0.29) is 11.3 Å². The second-order valence-electron chi connectivity index (χ2n) is 5.41. The van der Waals surface area contributed by atoms with Gasteiger partial charge < -0.3 is 10.4 Å². The molecule has 3 rings (SSSR count). The van der Waals surface area contributed by atoms with Crippen LogP contribution in [0.1, 0.15) is 15.9 Å². The molecule has 25 heavy (non-hydrogen) atoms. The number of phenolic OH excluding ortho intramolecular Hbond substituents is 1. The quantitative estimate of drug-likeness (QED) is 0.654. The maximum Gasteiger partial charge on any atom is 0.277 e. The number of pyridine rings is 1. The van der Waals surface area contributed by atoms with Crippen LogP contribution in [0.25, 0.3) is 11.3 Å². The van der Waals surface area contributed by atoms with Crippen LogP contribution in [0.2, 0.25) is 0 Å². The fourth-order valence-corrected chi connectivity index (χ4v) is 2.37. The lowest BCUT2D eigenvalue weighted by molar-refractivity contribution is 0.0952. The fourth-order valence-electron chi connectivity index (χ4n) is 2.37. The molecular weight excluding hydrogens is 320 g/mol. The third kappa shape index (κ3) is 4.08. The average Bonchev–Trinajstić information content (AvgIpc) is 2.63. The first kappa shape index (κ1) is 16.4. The van der Waals surface area contributed by atoms with Crippen molar-refractivity contribution in [2.24, 2.45) is 0 Å². The minimum atomic E-state index is -0.548. The van der Waals surface area contributed by atoms with Gasteiger partial charge >= 0.3 is 0 Å². The Labute approximate surface area is 143 Å². The maximum atomic E-state index is 12.3. The number of carbonyl (C=O) groups excluding carboxylic acids is 1. The summed E-state index contributed by atoms with van der Waals surface area (Å²) in [6, 6.07) is 11.7. The number of nitrogens with zero attached hydrogens (tertiary/aromatic N) is 2. The molecule has 7 heteroatoms. The zero-order valence-corrected chi connectivity index (χ0v) is 13.3. The van der Waals surface area contributed by atoms with Crippen molar-refractivity contribution in [3.63, 3.8) is 0 Å². The number of hydrogen-bond donors (Lipinski definition) is 3. The van der Waals surface area contributed by atoms with E-state index in [1.54, 1.807) is 42.7 Å². The van der Waals surface area contributed by atoms with Crippen LogP contribution in [0, 0.1) is 0 Å². The number of carbonyl (C=O) groups is 1. The molecule has 0 aliphatic carbocycles. The third-order valence-corrected chi connectivity index (χ3v) is 3.63. The molecule has 7 nitrogen and oxygen atoms in total. The second kappa shape index (κ2) is 7.39. The van der Waals surface area contributed by atoms with Crippen molar-refractivity contribution >= 4 is 5.91 Å². The number of H-pyrrole nitrogens is 1. The van der Waals surface area contributed by atoms with Crippen molar-refractivity contribution in [3.05, 3.63) is 76.3 Å². The molecule has 126 valence electrons. The Hall–Kier alpha value is -3.48. The fraction of sp³-hybridized carbons (Fsp3) is 0.111. The first-order chi connectivity index (χ1) is 12.1. The third-order valence-electron chi connectivity index (χ3n) is 3.63. The summed E-state index contributed by atoms with van der Waals surface area (Å²) in [6.07, 6.45) is 3.76. The minimum absolute atomic E-state index is 0.00211. The van der Waals surface area contributed by atoms with Crippen molar-refractivity contribution in [1.29, 1.82) is 0 Å². The molecular formula is C18H16N4O3. The van der Waals surface area contributed by atoms with Gasteiger partial charge in [-0.25, -0.2) is 5.10 Å². The highest BCUT2D eigenvalue weighted by molar-refractivity contribution is 5.94. The van der Waals surface area contributed by atoms with E-state index in [1.165, 1.54) is 6.07 Å². The zero-order chi connectivity index (χ0) is 17.6. The van der Waals surface area contributed by atoms with E-state index >= 15 is 0 Å². The highest BCUT2D eigenvalue weighted by Crippen LogP contribution is 2.14. The van der Waals surface area contributed by atoms with Gasteiger partial charge in [-0.1, -0.05) is 12.1 Å². The highest BCUT2D eigenvalue weighted by Gasteiger charge is 2.12. The van der Waals surface area contributed by atoms with Crippen LogP contribution >= 0.6 is 0 Å². The minimum Gasteiger partial charge on any atom is -0.508 e. The lowest BCUT2D eigenvalue weighted by Gasteiger charge is -2.06. The van der Waals surface area contributed by atoms with Gasteiger partial charge in [-0.3, -0.25) is 14.6 Å². The number of benzene rings is 1. The van der Waals surface area contributed by atoms with Gasteiger partial charge in [0, 0.05) is 24.5 Å². The molecule has 0 unspecified atom stereocenters. The molecule has 1 aromatic carbocycles. The van der Waals surface area contributed by atoms with E-state index in [9.17, 15) is 14.7 Å². The van der Waals surface area contributed by atoms with Crippen molar-refractivity contribution in [1.82, 2.24) is 20.5 Å². The van der Waals surface area contributed by atoms with Gasteiger partial charge in [-0.15, -0.1) is 0 Å². The molecule has 0 radical (unpaired) electrons. The Kier molecular flexibility index (Phi) is 4.84. The molecule has 0 bridgehead atoms. The van der Waals surface area contributed by atoms with E-state index in [4.69, 9.17) is 0 Å². The Bertz CT molecular complexity index is 938. The summed E-state index contributed by atoms with van der Waals surface area (Å²) in [5.74, 6) is -0.296. The molecule has 1 amide bonds. The van der Waals surface area contributed by atoms with Crippen molar-refractivity contribution in [2.75, 3.05) is 6.54 Å². The Morgan fingerprint density at radius 3 is 2.72 bits per heavy atom. The molecule has 3 aromatic rings. The predicted molar refractivity (Wildman–Crippen MR) is 92.2 cm³/mol. The smallest absolute Gasteiger partial charge is 0.277 e. The standard InChI is InChI=1S/C18H16N4O3/c23-14-3-1-2-12(10-14)4-9-20-17(24)15-11-16(21-22-18(15)25)13-5-7-19-8-6-13/h1-3,5-8,10-11,23H,4,9H2,(H,20,24)(H,22,25). The van der Waals surface area contributed by atoms with Crippen molar-refractivity contribution in [3.8, 4) is 17.0 Å².